The van der Waals surface area contributed by atoms with Gasteiger partial charge in [0.25, 0.3) is 0 Å². The van der Waals surface area contributed by atoms with Gasteiger partial charge in [-0.1, -0.05) is 91.0 Å². The number of primary amides is 1. The van der Waals surface area contributed by atoms with E-state index in [0.717, 1.165) is 38.9 Å². The van der Waals surface area contributed by atoms with Crippen LogP contribution in [0, 0.1) is 0 Å². The minimum Gasteiger partial charge on any atom is -0.465 e. The van der Waals surface area contributed by atoms with Gasteiger partial charge in [0.2, 0.25) is 0 Å². The highest BCUT2D eigenvalue weighted by Gasteiger charge is 1.86. The van der Waals surface area contributed by atoms with E-state index < -0.39 is 6.09 Å². The summed E-state index contributed by atoms with van der Waals surface area (Å²) in [4.78, 5) is 8.78. The number of carbonyl (C=O) groups is 1. The van der Waals surface area contributed by atoms with E-state index >= 15 is 0 Å². The van der Waals surface area contributed by atoms with Crippen LogP contribution in [0.25, 0.3) is 0 Å². The first-order valence-corrected chi connectivity index (χ1v) is 10.2. The minimum atomic E-state index is -1.33. The Labute approximate surface area is 185 Å². The zero-order valence-corrected chi connectivity index (χ0v) is 18.1. The van der Waals surface area contributed by atoms with Crippen LogP contribution in [0.5, 0.6) is 0 Å². The molecule has 3 aromatic carbocycles. The predicted molar refractivity (Wildman–Crippen MR) is 130 cm³/mol. The smallest absolute Gasteiger partial charge is 0.402 e. The Balaban J connectivity index is 0.000000402. The van der Waals surface area contributed by atoms with Gasteiger partial charge in [-0.05, 0) is 55.6 Å². The summed E-state index contributed by atoms with van der Waals surface area (Å²) in [5.41, 5.74) is 24.1. The number of benzene rings is 3. The maximum Gasteiger partial charge on any atom is 0.402 e. The van der Waals surface area contributed by atoms with Crippen LogP contribution in [0.1, 0.15) is 16.7 Å². The van der Waals surface area contributed by atoms with Crippen molar-refractivity contribution in [1.29, 1.82) is 0 Å². The molecule has 0 aromatic heterocycles. The fraction of sp³-hybridized carbons (Fsp3) is 0.240. The van der Waals surface area contributed by atoms with E-state index in [1.54, 1.807) is 0 Å². The van der Waals surface area contributed by atoms with Gasteiger partial charge in [-0.2, -0.15) is 0 Å². The van der Waals surface area contributed by atoms with Crippen molar-refractivity contribution < 1.29 is 9.90 Å². The monoisotopic (exact) mass is 424 g/mol. The molecule has 0 heterocycles. The van der Waals surface area contributed by atoms with Gasteiger partial charge in [0.05, 0.1) is 0 Å². The molecule has 0 aliphatic heterocycles. The molecule has 0 spiro atoms. The lowest BCUT2D eigenvalue weighted by atomic mass is 10.2. The molecule has 0 fully saturated rings. The quantitative estimate of drug-likeness (QED) is 0.413. The molecule has 0 radical (unpaired) electrons. The third kappa shape index (κ3) is 18.6. The predicted octanol–water partition coefficient (Wildman–Crippen LogP) is 3.19. The van der Waals surface area contributed by atoms with E-state index in [2.05, 4.69) is 42.1 Å². The van der Waals surface area contributed by atoms with Crippen molar-refractivity contribution in [3.8, 4) is 0 Å². The Morgan fingerprint density at radius 1 is 0.548 bits per heavy atom. The molecule has 3 rings (SSSR count). The van der Waals surface area contributed by atoms with Gasteiger partial charge in [-0.3, -0.25) is 0 Å². The summed E-state index contributed by atoms with van der Waals surface area (Å²) in [6, 6.07) is 30.8. The molecule has 0 bridgehead atoms. The Morgan fingerprint density at radius 3 is 0.903 bits per heavy atom. The summed E-state index contributed by atoms with van der Waals surface area (Å²) in [5.74, 6) is 0. The van der Waals surface area contributed by atoms with E-state index in [4.69, 9.17) is 27.1 Å². The third-order valence-corrected chi connectivity index (χ3v) is 3.83. The maximum atomic E-state index is 8.78. The molecule has 0 aliphatic rings. The number of hydrogen-bond donors (Lipinski definition) is 5. The second-order valence-corrected chi connectivity index (χ2v) is 6.41. The fourth-order valence-electron chi connectivity index (χ4n) is 2.43. The number of nitrogens with two attached hydrogens (primary N) is 4. The lowest BCUT2D eigenvalue weighted by Gasteiger charge is -1.93. The molecule has 1 amide bonds. The second-order valence-electron chi connectivity index (χ2n) is 6.41. The summed E-state index contributed by atoms with van der Waals surface area (Å²) < 4.78 is 0. The van der Waals surface area contributed by atoms with Crippen molar-refractivity contribution in [1.82, 2.24) is 0 Å². The van der Waals surface area contributed by atoms with Crippen LogP contribution in [-0.2, 0) is 19.3 Å². The van der Waals surface area contributed by atoms with Crippen LogP contribution in [0.3, 0.4) is 0 Å². The summed E-state index contributed by atoms with van der Waals surface area (Å²) >= 11 is 0. The number of amides is 1. The molecule has 6 heteroatoms. The molecular weight excluding hydrogens is 388 g/mol. The summed E-state index contributed by atoms with van der Waals surface area (Å²) in [5, 5.41) is 7.19. The van der Waals surface area contributed by atoms with Crippen LogP contribution in [-0.4, -0.2) is 30.8 Å². The second kappa shape index (κ2) is 20.1. The fourth-order valence-corrected chi connectivity index (χ4v) is 2.43. The van der Waals surface area contributed by atoms with Gasteiger partial charge in [0.15, 0.2) is 0 Å². The average Bonchev–Trinajstić information content (AvgIpc) is 2.77. The van der Waals surface area contributed by atoms with Crippen molar-refractivity contribution in [2.75, 3.05) is 19.6 Å². The van der Waals surface area contributed by atoms with E-state index in [-0.39, 0.29) is 0 Å². The standard InChI is InChI=1S/3C8H11N.CH3NO2/c3*9-7-6-8-4-2-1-3-5-8;2-1(3)4/h3*1-5H,6-7,9H2;2H2,(H,3,4). The number of hydrogen-bond acceptors (Lipinski definition) is 4. The highest BCUT2D eigenvalue weighted by Crippen LogP contribution is 1.98. The van der Waals surface area contributed by atoms with Gasteiger partial charge >= 0.3 is 6.09 Å². The van der Waals surface area contributed by atoms with E-state index in [1.165, 1.54) is 16.7 Å². The van der Waals surface area contributed by atoms with Gasteiger partial charge in [0.1, 0.15) is 0 Å². The summed E-state index contributed by atoms with van der Waals surface area (Å²) in [6.45, 7) is 2.22. The molecule has 0 aliphatic carbocycles. The van der Waals surface area contributed by atoms with Crippen LogP contribution in [0.2, 0.25) is 0 Å². The normalized spacial score (nSPS) is 9.00. The third-order valence-electron chi connectivity index (χ3n) is 3.83. The molecule has 3 aromatic rings. The first-order chi connectivity index (χ1) is 15.0. The Morgan fingerprint density at radius 2 is 0.742 bits per heavy atom. The zero-order valence-electron chi connectivity index (χ0n) is 18.1. The van der Waals surface area contributed by atoms with E-state index in [1.807, 2.05) is 54.6 Å². The van der Waals surface area contributed by atoms with Gasteiger partial charge in [0, 0.05) is 0 Å². The summed E-state index contributed by atoms with van der Waals surface area (Å²) in [6.07, 6.45) is 1.63. The topological polar surface area (TPSA) is 141 Å². The van der Waals surface area contributed by atoms with Crippen molar-refractivity contribution in [3.63, 3.8) is 0 Å². The highest BCUT2D eigenvalue weighted by molar-refractivity contribution is 5.61. The molecule has 168 valence electrons. The lowest BCUT2D eigenvalue weighted by Crippen LogP contribution is -2.03. The molecule has 6 nitrogen and oxygen atoms in total. The van der Waals surface area contributed by atoms with Crippen LogP contribution < -0.4 is 22.9 Å². The molecule has 9 N–H and O–H groups in total. The lowest BCUT2D eigenvalue weighted by molar-refractivity contribution is 0.205. The maximum absolute atomic E-state index is 8.78. The Kier molecular flexibility index (Phi) is 18.0. The van der Waals surface area contributed by atoms with Crippen LogP contribution in [0.4, 0.5) is 4.79 Å². The minimum absolute atomic E-state index is 0.740. The average molecular weight is 425 g/mol. The molecule has 0 atom stereocenters. The van der Waals surface area contributed by atoms with Gasteiger partial charge in [-0.15, -0.1) is 0 Å². The van der Waals surface area contributed by atoms with Crippen LogP contribution in [0.15, 0.2) is 91.0 Å². The van der Waals surface area contributed by atoms with Crippen molar-refractivity contribution >= 4 is 6.09 Å². The van der Waals surface area contributed by atoms with Gasteiger partial charge < -0.3 is 28.0 Å². The van der Waals surface area contributed by atoms with Crippen molar-refractivity contribution in [3.05, 3.63) is 108 Å². The van der Waals surface area contributed by atoms with E-state index in [9.17, 15) is 0 Å². The zero-order chi connectivity index (χ0) is 23.2. The molecule has 0 unspecified atom stereocenters. The first-order valence-electron chi connectivity index (χ1n) is 10.2. The SMILES string of the molecule is NC(=O)O.NCCc1ccccc1.NCCc1ccccc1.NCCc1ccccc1. The Bertz CT molecular complexity index is 667. The first kappa shape index (κ1) is 27.8. The highest BCUT2D eigenvalue weighted by atomic mass is 16.4. The van der Waals surface area contributed by atoms with E-state index in [0.29, 0.717) is 0 Å². The molecule has 0 saturated carbocycles. The van der Waals surface area contributed by atoms with Crippen molar-refractivity contribution in [2.24, 2.45) is 22.9 Å². The Hall–Kier alpha value is -3.19. The van der Waals surface area contributed by atoms with Crippen molar-refractivity contribution in [2.45, 2.75) is 19.3 Å². The largest absolute Gasteiger partial charge is 0.465 e. The molecule has 31 heavy (non-hydrogen) atoms. The van der Waals surface area contributed by atoms with Crippen LogP contribution >= 0.6 is 0 Å². The summed E-state index contributed by atoms with van der Waals surface area (Å²) in [7, 11) is 0. The molecular formula is C25H36N4O2. The number of rotatable bonds is 6. The molecule has 0 saturated heterocycles. The van der Waals surface area contributed by atoms with Gasteiger partial charge in [-0.25, -0.2) is 4.79 Å². The number of carboxylic acid groups (broad SMARTS) is 1.